The molecule has 0 heterocycles. The van der Waals surface area contributed by atoms with Crippen LogP contribution in [0.3, 0.4) is 0 Å². The van der Waals surface area contributed by atoms with Crippen molar-refractivity contribution in [2.45, 2.75) is 31.8 Å². The maximum atomic E-state index is 11.5. The zero-order valence-electron chi connectivity index (χ0n) is 10.1. The summed E-state index contributed by atoms with van der Waals surface area (Å²) >= 11 is 0. The quantitative estimate of drug-likeness (QED) is 0.707. The second-order valence-corrected chi connectivity index (χ2v) is 6.19. The standard InChI is InChI=1S/C10H19NO5S/c1-15-8-3-5-10(6-4-8,9(11)12)7-16-17(2,13)14/h8H,3-7H2,1-2H3,(H2,11,12). The highest BCUT2D eigenvalue weighted by atomic mass is 32.2. The maximum absolute atomic E-state index is 11.5. The van der Waals surface area contributed by atoms with Crippen LogP contribution in [0.1, 0.15) is 25.7 Å². The van der Waals surface area contributed by atoms with Crippen molar-refractivity contribution >= 4 is 16.0 Å². The van der Waals surface area contributed by atoms with Crippen LogP contribution < -0.4 is 5.73 Å². The number of hydrogen-bond acceptors (Lipinski definition) is 5. The number of hydrogen-bond donors (Lipinski definition) is 1. The molecule has 0 atom stereocenters. The number of methoxy groups -OCH3 is 1. The number of nitrogens with two attached hydrogens (primary N) is 1. The van der Waals surface area contributed by atoms with Crippen LogP contribution in [0.15, 0.2) is 0 Å². The molecule has 0 saturated heterocycles. The van der Waals surface area contributed by atoms with E-state index in [1.54, 1.807) is 7.11 Å². The second-order valence-electron chi connectivity index (χ2n) is 4.55. The van der Waals surface area contributed by atoms with Crippen LogP contribution in [-0.2, 0) is 23.8 Å². The maximum Gasteiger partial charge on any atom is 0.264 e. The van der Waals surface area contributed by atoms with Gasteiger partial charge in [0.05, 0.1) is 24.4 Å². The number of amides is 1. The van der Waals surface area contributed by atoms with Gasteiger partial charge in [0.25, 0.3) is 10.1 Å². The normalized spacial score (nSPS) is 30.1. The third-order valence-corrected chi connectivity index (χ3v) is 3.84. The largest absolute Gasteiger partial charge is 0.381 e. The molecule has 17 heavy (non-hydrogen) atoms. The van der Waals surface area contributed by atoms with E-state index in [0.717, 1.165) is 6.26 Å². The van der Waals surface area contributed by atoms with E-state index in [2.05, 4.69) is 0 Å². The molecule has 1 fully saturated rings. The van der Waals surface area contributed by atoms with E-state index in [1.807, 2.05) is 0 Å². The molecule has 0 spiro atoms. The summed E-state index contributed by atoms with van der Waals surface area (Å²) in [6.45, 7) is -0.169. The van der Waals surface area contributed by atoms with Gasteiger partial charge in [-0.05, 0) is 25.7 Å². The summed E-state index contributed by atoms with van der Waals surface area (Å²) in [6, 6.07) is 0. The zero-order chi connectivity index (χ0) is 13.1. The third kappa shape index (κ3) is 3.93. The highest BCUT2D eigenvalue weighted by Gasteiger charge is 2.41. The van der Waals surface area contributed by atoms with E-state index in [9.17, 15) is 13.2 Å². The van der Waals surface area contributed by atoms with Gasteiger partial charge in [-0.15, -0.1) is 0 Å². The molecule has 0 bridgehead atoms. The first kappa shape index (κ1) is 14.4. The lowest BCUT2D eigenvalue weighted by Gasteiger charge is -2.36. The van der Waals surface area contributed by atoms with Crippen LogP contribution in [0.4, 0.5) is 0 Å². The lowest BCUT2D eigenvalue weighted by Crippen LogP contribution is -2.45. The van der Waals surface area contributed by atoms with Gasteiger partial charge in [0, 0.05) is 7.11 Å². The molecule has 1 rings (SSSR count). The van der Waals surface area contributed by atoms with Gasteiger partial charge in [0.2, 0.25) is 5.91 Å². The minimum absolute atomic E-state index is 0.112. The molecule has 1 aliphatic carbocycles. The van der Waals surface area contributed by atoms with Crippen LogP contribution in [-0.4, -0.2) is 40.4 Å². The van der Waals surface area contributed by atoms with Gasteiger partial charge in [0.15, 0.2) is 0 Å². The average Bonchev–Trinajstić information content (AvgIpc) is 2.26. The Morgan fingerprint density at radius 3 is 2.29 bits per heavy atom. The fourth-order valence-electron chi connectivity index (χ4n) is 2.06. The lowest BCUT2D eigenvalue weighted by molar-refractivity contribution is -0.133. The molecule has 0 aromatic rings. The molecule has 0 radical (unpaired) electrons. The van der Waals surface area contributed by atoms with E-state index in [-0.39, 0.29) is 12.7 Å². The minimum atomic E-state index is -3.55. The summed E-state index contributed by atoms with van der Waals surface area (Å²) < 4.78 is 31.9. The molecular formula is C10H19NO5S. The van der Waals surface area contributed by atoms with Gasteiger partial charge in [-0.1, -0.05) is 0 Å². The van der Waals surface area contributed by atoms with Crippen LogP contribution in [0.5, 0.6) is 0 Å². The number of ether oxygens (including phenoxy) is 1. The molecule has 0 aliphatic heterocycles. The minimum Gasteiger partial charge on any atom is -0.381 e. The zero-order valence-corrected chi connectivity index (χ0v) is 11.0. The van der Waals surface area contributed by atoms with Gasteiger partial charge in [-0.2, -0.15) is 8.42 Å². The van der Waals surface area contributed by atoms with Gasteiger partial charge in [-0.3, -0.25) is 8.98 Å². The van der Waals surface area contributed by atoms with Crippen molar-refractivity contribution in [1.82, 2.24) is 0 Å². The summed E-state index contributed by atoms with van der Waals surface area (Å²) in [5.74, 6) is -0.504. The van der Waals surface area contributed by atoms with Crippen LogP contribution in [0, 0.1) is 5.41 Å². The molecule has 2 N–H and O–H groups in total. The SMILES string of the molecule is COC1CCC(COS(C)(=O)=O)(C(N)=O)CC1. The molecule has 6 nitrogen and oxygen atoms in total. The van der Waals surface area contributed by atoms with Crippen molar-refractivity contribution in [1.29, 1.82) is 0 Å². The number of primary amides is 1. The Bertz CT molecular complexity index is 370. The summed E-state index contributed by atoms with van der Waals surface area (Å²) in [5.41, 5.74) is 4.49. The summed E-state index contributed by atoms with van der Waals surface area (Å²) in [4.78, 5) is 11.5. The highest BCUT2D eigenvalue weighted by Crippen LogP contribution is 2.37. The molecule has 100 valence electrons. The first-order valence-electron chi connectivity index (χ1n) is 5.46. The molecule has 0 aromatic carbocycles. The number of carbonyl (C=O) groups excluding carboxylic acids is 1. The molecule has 1 amide bonds. The number of carbonyl (C=O) groups is 1. The Labute approximate surface area is 102 Å². The predicted octanol–water partition coefficient (Wildman–Crippen LogP) is 0.0233. The molecule has 0 aromatic heterocycles. The Hall–Kier alpha value is -0.660. The molecule has 1 saturated carbocycles. The van der Waals surface area contributed by atoms with Crippen molar-refractivity contribution in [3.63, 3.8) is 0 Å². The fourth-order valence-corrected chi connectivity index (χ4v) is 2.50. The Balaban J connectivity index is 2.69. The van der Waals surface area contributed by atoms with Crippen molar-refractivity contribution in [3.05, 3.63) is 0 Å². The summed E-state index contributed by atoms with van der Waals surface area (Å²) in [6.07, 6.45) is 3.44. The third-order valence-electron chi connectivity index (χ3n) is 3.30. The fraction of sp³-hybridized carbons (Fsp3) is 0.900. The van der Waals surface area contributed by atoms with Gasteiger partial charge < -0.3 is 10.5 Å². The van der Waals surface area contributed by atoms with E-state index in [4.69, 9.17) is 14.7 Å². The lowest BCUT2D eigenvalue weighted by atomic mass is 9.73. The summed E-state index contributed by atoms with van der Waals surface area (Å²) in [5, 5.41) is 0. The van der Waals surface area contributed by atoms with Crippen LogP contribution in [0.2, 0.25) is 0 Å². The molecule has 1 aliphatic rings. The average molecular weight is 265 g/mol. The van der Waals surface area contributed by atoms with Crippen molar-refractivity contribution < 1.29 is 22.1 Å². The smallest absolute Gasteiger partial charge is 0.264 e. The van der Waals surface area contributed by atoms with E-state index >= 15 is 0 Å². The predicted molar refractivity (Wildman–Crippen MR) is 61.7 cm³/mol. The Morgan fingerprint density at radius 1 is 1.41 bits per heavy atom. The van der Waals surface area contributed by atoms with E-state index in [1.165, 1.54) is 0 Å². The molecule has 0 unspecified atom stereocenters. The van der Waals surface area contributed by atoms with Crippen LogP contribution in [0.25, 0.3) is 0 Å². The van der Waals surface area contributed by atoms with Crippen molar-refractivity contribution in [2.75, 3.05) is 20.0 Å². The van der Waals surface area contributed by atoms with Gasteiger partial charge in [0.1, 0.15) is 0 Å². The Morgan fingerprint density at radius 2 is 1.94 bits per heavy atom. The highest BCUT2D eigenvalue weighted by molar-refractivity contribution is 7.85. The Kier molecular flexibility index (Phi) is 4.51. The van der Waals surface area contributed by atoms with Crippen molar-refractivity contribution in [2.24, 2.45) is 11.1 Å². The monoisotopic (exact) mass is 265 g/mol. The topological polar surface area (TPSA) is 95.7 Å². The van der Waals surface area contributed by atoms with E-state index in [0.29, 0.717) is 25.7 Å². The van der Waals surface area contributed by atoms with Gasteiger partial charge >= 0.3 is 0 Å². The van der Waals surface area contributed by atoms with Gasteiger partial charge in [-0.25, -0.2) is 0 Å². The van der Waals surface area contributed by atoms with Crippen molar-refractivity contribution in [3.8, 4) is 0 Å². The number of rotatable bonds is 5. The van der Waals surface area contributed by atoms with E-state index < -0.39 is 21.4 Å². The molecule has 7 heteroatoms. The molecular weight excluding hydrogens is 246 g/mol. The van der Waals surface area contributed by atoms with Crippen LogP contribution >= 0.6 is 0 Å². The first-order chi connectivity index (χ1) is 7.79. The first-order valence-corrected chi connectivity index (χ1v) is 7.28. The second kappa shape index (κ2) is 5.32. The summed E-state index contributed by atoms with van der Waals surface area (Å²) in [7, 11) is -1.93.